The summed E-state index contributed by atoms with van der Waals surface area (Å²) in [6.45, 7) is 0.455. The summed E-state index contributed by atoms with van der Waals surface area (Å²) in [7, 11) is -3.91. The van der Waals surface area contributed by atoms with E-state index >= 15 is 0 Å². The number of sulfonamides is 1. The second-order valence-corrected chi connectivity index (χ2v) is 8.38. The first kappa shape index (κ1) is 15.7. The Morgan fingerprint density at radius 2 is 2.12 bits per heavy atom. The quantitative estimate of drug-likeness (QED) is 0.703. The zero-order valence-electron chi connectivity index (χ0n) is 12.3. The second-order valence-electron chi connectivity index (χ2n) is 5.56. The van der Waals surface area contributed by atoms with E-state index in [0.29, 0.717) is 16.5 Å². The van der Waals surface area contributed by atoms with E-state index in [1.54, 1.807) is 12.4 Å². The minimum Gasteiger partial charge on any atom is -0.261 e. The standard InChI is InChI=1S/C15H12BrFN4O2S/c16-10-1-2-14(13(17)5-10)24(22,23)21-4-3-11-9(8-21)6-18-15-12(11)7-19-20-15/h1-2,5-7H,3-4,8H2,(H,18,19,20). The lowest BCUT2D eigenvalue weighted by atomic mass is 10.0. The van der Waals surface area contributed by atoms with Gasteiger partial charge in [-0.25, -0.2) is 17.8 Å². The molecule has 6 nitrogen and oxygen atoms in total. The fourth-order valence-electron chi connectivity index (χ4n) is 2.96. The van der Waals surface area contributed by atoms with Crippen molar-refractivity contribution in [3.63, 3.8) is 0 Å². The molecule has 0 atom stereocenters. The van der Waals surface area contributed by atoms with Crippen molar-refractivity contribution in [1.82, 2.24) is 19.5 Å². The van der Waals surface area contributed by atoms with Crippen LogP contribution in [0.25, 0.3) is 11.0 Å². The first-order chi connectivity index (χ1) is 11.5. The number of aromatic amines is 1. The van der Waals surface area contributed by atoms with E-state index in [4.69, 9.17) is 0 Å². The molecule has 9 heteroatoms. The average Bonchev–Trinajstić information content (AvgIpc) is 3.03. The van der Waals surface area contributed by atoms with Gasteiger partial charge in [0, 0.05) is 29.1 Å². The van der Waals surface area contributed by atoms with Crippen molar-refractivity contribution in [2.75, 3.05) is 6.54 Å². The molecule has 0 amide bonds. The number of benzene rings is 1. The molecule has 0 aliphatic carbocycles. The highest BCUT2D eigenvalue weighted by Crippen LogP contribution is 2.29. The molecule has 0 saturated heterocycles. The number of halogens is 2. The molecular formula is C15H12BrFN4O2S. The molecule has 24 heavy (non-hydrogen) atoms. The fraction of sp³-hybridized carbons (Fsp3) is 0.200. The Bertz CT molecular complexity index is 1050. The minimum atomic E-state index is -3.91. The highest BCUT2D eigenvalue weighted by molar-refractivity contribution is 9.10. The molecule has 2 aromatic heterocycles. The summed E-state index contributed by atoms with van der Waals surface area (Å²) in [6.07, 6.45) is 3.88. The molecule has 1 aliphatic heterocycles. The van der Waals surface area contributed by atoms with Crippen molar-refractivity contribution in [3.8, 4) is 0 Å². The summed E-state index contributed by atoms with van der Waals surface area (Å²) in [4.78, 5) is 3.94. The molecule has 1 aromatic carbocycles. The van der Waals surface area contributed by atoms with Crippen LogP contribution in [0.5, 0.6) is 0 Å². The lowest BCUT2D eigenvalue weighted by Gasteiger charge is -2.28. The average molecular weight is 411 g/mol. The van der Waals surface area contributed by atoms with Crippen LogP contribution in [0.15, 0.2) is 40.0 Å². The zero-order chi connectivity index (χ0) is 16.9. The van der Waals surface area contributed by atoms with Crippen LogP contribution < -0.4 is 0 Å². The Balaban J connectivity index is 1.73. The molecule has 0 radical (unpaired) electrons. The topological polar surface area (TPSA) is 79.0 Å². The Hall–Kier alpha value is -1.84. The molecule has 1 aliphatic rings. The van der Waals surface area contributed by atoms with Gasteiger partial charge in [0.05, 0.1) is 6.20 Å². The molecule has 3 heterocycles. The second kappa shape index (κ2) is 5.61. The molecule has 4 rings (SSSR count). The lowest BCUT2D eigenvalue weighted by Crippen LogP contribution is -2.36. The zero-order valence-corrected chi connectivity index (χ0v) is 14.7. The highest BCUT2D eigenvalue weighted by Gasteiger charge is 2.31. The first-order valence-electron chi connectivity index (χ1n) is 7.22. The van der Waals surface area contributed by atoms with Crippen LogP contribution >= 0.6 is 15.9 Å². The van der Waals surface area contributed by atoms with Crippen LogP contribution in [0.4, 0.5) is 4.39 Å². The van der Waals surface area contributed by atoms with Crippen molar-refractivity contribution >= 4 is 37.0 Å². The third-order valence-corrected chi connectivity index (χ3v) is 6.52. The van der Waals surface area contributed by atoms with Gasteiger partial charge in [-0.15, -0.1) is 0 Å². The third kappa shape index (κ3) is 2.43. The smallest absolute Gasteiger partial charge is 0.246 e. The Labute approximate surface area is 145 Å². The van der Waals surface area contributed by atoms with Gasteiger partial charge in [-0.3, -0.25) is 5.10 Å². The van der Waals surface area contributed by atoms with Gasteiger partial charge in [0.15, 0.2) is 5.65 Å². The largest absolute Gasteiger partial charge is 0.261 e. The lowest BCUT2D eigenvalue weighted by molar-refractivity contribution is 0.389. The number of rotatable bonds is 2. The maximum absolute atomic E-state index is 14.1. The third-order valence-electron chi connectivity index (χ3n) is 4.15. The van der Waals surface area contributed by atoms with Crippen LogP contribution in [-0.2, 0) is 23.0 Å². The number of fused-ring (bicyclic) bond motifs is 3. The first-order valence-corrected chi connectivity index (χ1v) is 9.45. The number of aromatic nitrogens is 3. The van der Waals surface area contributed by atoms with Gasteiger partial charge in [-0.05, 0) is 35.7 Å². The summed E-state index contributed by atoms with van der Waals surface area (Å²) < 4.78 is 41.4. The van der Waals surface area contributed by atoms with E-state index in [0.717, 1.165) is 22.6 Å². The van der Waals surface area contributed by atoms with Crippen LogP contribution in [0, 0.1) is 5.82 Å². The Morgan fingerprint density at radius 3 is 2.92 bits per heavy atom. The van der Waals surface area contributed by atoms with E-state index in [1.807, 2.05) is 0 Å². The molecule has 0 saturated carbocycles. The minimum absolute atomic E-state index is 0.168. The summed E-state index contributed by atoms with van der Waals surface area (Å²) in [5, 5.41) is 7.68. The van der Waals surface area contributed by atoms with Crippen molar-refractivity contribution in [1.29, 1.82) is 0 Å². The Morgan fingerprint density at radius 1 is 1.29 bits per heavy atom. The molecule has 0 spiro atoms. The molecular weight excluding hydrogens is 399 g/mol. The van der Waals surface area contributed by atoms with Gasteiger partial charge < -0.3 is 0 Å². The molecule has 0 fully saturated rings. The van der Waals surface area contributed by atoms with E-state index in [2.05, 4.69) is 31.1 Å². The van der Waals surface area contributed by atoms with E-state index in [1.165, 1.54) is 16.4 Å². The van der Waals surface area contributed by atoms with Crippen LogP contribution in [0.3, 0.4) is 0 Å². The molecule has 3 aromatic rings. The number of H-pyrrole nitrogens is 1. The number of pyridine rings is 1. The summed E-state index contributed by atoms with van der Waals surface area (Å²) in [5.74, 6) is -0.765. The van der Waals surface area contributed by atoms with Crippen LogP contribution in [0.1, 0.15) is 11.1 Å². The SMILES string of the molecule is O=S(=O)(c1ccc(Br)cc1F)N1CCc2c(cnc3[nH]ncc23)C1. The van der Waals surface area contributed by atoms with E-state index < -0.39 is 15.8 Å². The fourth-order valence-corrected chi connectivity index (χ4v) is 4.76. The maximum atomic E-state index is 14.1. The van der Waals surface area contributed by atoms with Gasteiger partial charge in [0.2, 0.25) is 10.0 Å². The predicted molar refractivity (Wildman–Crippen MR) is 89.3 cm³/mol. The molecule has 0 unspecified atom stereocenters. The van der Waals surface area contributed by atoms with Gasteiger partial charge in [0.1, 0.15) is 10.7 Å². The van der Waals surface area contributed by atoms with Gasteiger partial charge in [0.25, 0.3) is 0 Å². The number of nitrogens with one attached hydrogen (secondary N) is 1. The monoisotopic (exact) mass is 410 g/mol. The summed E-state index contributed by atoms with van der Waals surface area (Å²) in [6, 6.07) is 3.95. The van der Waals surface area contributed by atoms with Crippen molar-refractivity contribution in [2.24, 2.45) is 0 Å². The van der Waals surface area contributed by atoms with E-state index in [-0.39, 0.29) is 18.0 Å². The molecule has 1 N–H and O–H groups in total. The van der Waals surface area contributed by atoms with Crippen molar-refractivity contribution < 1.29 is 12.8 Å². The molecule has 0 bridgehead atoms. The predicted octanol–water partition coefficient (Wildman–Crippen LogP) is 2.61. The normalized spacial score (nSPS) is 15.6. The van der Waals surface area contributed by atoms with Crippen LogP contribution in [-0.4, -0.2) is 34.4 Å². The number of hydrogen-bond acceptors (Lipinski definition) is 4. The van der Waals surface area contributed by atoms with Gasteiger partial charge in [-0.1, -0.05) is 15.9 Å². The van der Waals surface area contributed by atoms with E-state index in [9.17, 15) is 12.8 Å². The maximum Gasteiger partial charge on any atom is 0.246 e. The van der Waals surface area contributed by atoms with Gasteiger partial charge >= 0.3 is 0 Å². The summed E-state index contributed by atoms with van der Waals surface area (Å²) in [5.41, 5.74) is 2.54. The van der Waals surface area contributed by atoms with Crippen LogP contribution in [0.2, 0.25) is 0 Å². The summed E-state index contributed by atoms with van der Waals surface area (Å²) >= 11 is 3.13. The highest BCUT2D eigenvalue weighted by atomic mass is 79.9. The van der Waals surface area contributed by atoms with Crippen molar-refractivity contribution in [3.05, 3.63) is 52.0 Å². The Kier molecular flexibility index (Phi) is 3.66. The number of nitrogens with zero attached hydrogens (tertiary/aromatic N) is 3. The van der Waals surface area contributed by atoms with Gasteiger partial charge in [-0.2, -0.15) is 9.40 Å². The number of hydrogen-bond donors (Lipinski definition) is 1. The molecule has 124 valence electrons. The van der Waals surface area contributed by atoms with Crippen molar-refractivity contribution in [2.45, 2.75) is 17.9 Å².